The van der Waals surface area contributed by atoms with Crippen LogP contribution in [0.4, 0.5) is 0 Å². The van der Waals surface area contributed by atoms with E-state index in [0.717, 1.165) is 19.3 Å². The summed E-state index contributed by atoms with van der Waals surface area (Å²) in [5, 5.41) is 10.0. The number of hydrogen-bond donors (Lipinski definition) is 2. The Bertz CT molecular complexity index is 591. The van der Waals surface area contributed by atoms with E-state index in [0.29, 0.717) is 18.0 Å². The van der Waals surface area contributed by atoms with Crippen molar-refractivity contribution in [1.82, 2.24) is 4.72 Å². The van der Waals surface area contributed by atoms with Gasteiger partial charge >= 0.3 is 0 Å². The molecule has 1 aliphatic rings. The van der Waals surface area contributed by atoms with Crippen molar-refractivity contribution in [2.45, 2.75) is 36.7 Å². The number of sulfonamides is 1. The van der Waals surface area contributed by atoms with Crippen LogP contribution in [0.25, 0.3) is 0 Å². The van der Waals surface area contributed by atoms with Crippen molar-refractivity contribution in [3.63, 3.8) is 0 Å². The van der Waals surface area contributed by atoms with Crippen LogP contribution in [0.2, 0.25) is 5.02 Å². The third-order valence-corrected chi connectivity index (χ3v) is 5.43. The second kappa shape index (κ2) is 6.96. The molecule has 0 amide bonds. The molecule has 2 atom stereocenters. The first-order chi connectivity index (χ1) is 9.92. The molecule has 1 fully saturated rings. The number of hydrogen-bond acceptors (Lipinski definition) is 4. The number of methoxy groups -OCH3 is 1. The van der Waals surface area contributed by atoms with Gasteiger partial charge in [0.15, 0.2) is 0 Å². The number of halogens is 1. The van der Waals surface area contributed by atoms with E-state index >= 15 is 0 Å². The molecule has 0 spiro atoms. The van der Waals surface area contributed by atoms with Crippen LogP contribution in [0.3, 0.4) is 0 Å². The fraction of sp³-hybridized carbons (Fsp3) is 0.571. The van der Waals surface area contributed by atoms with Gasteiger partial charge in [0, 0.05) is 17.6 Å². The highest BCUT2D eigenvalue weighted by Gasteiger charge is 2.24. The molecule has 2 N–H and O–H groups in total. The molecule has 2 rings (SSSR count). The van der Waals surface area contributed by atoms with Crippen LogP contribution >= 0.6 is 11.6 Å². The molecule has 1 aromatic rings. The maximum Gasteiger partial charge on any atom is 0.244 e. The number of benzene rings is 1. The van der Waals surface area contributed by atoms with Gasteiger partial charge in [-0.15, -0.1) is 0 Å². The molecule has 5 nitrogen and oxygen atoms in total. The molecule has 0 radical (unpaired) electrons. The van der Waals surface area contributed by atoms with Crippen LogP contribution in [0.5, 0.6) is 5.75 Å². The maximum absolute atomic E-state index is 12.4. The summed E-state index contributed by atoms with van der Waals surface area (Å²) in [4.78, 5) is 0.0748. The summed E-state index contributed by atoms with van der Waals surface area (Å²) in [5.41, 5.74) is 0. The Balaban J connectivity index is 2.08. The lowest BCUT2D eigenvalue weighted by Crippen LogP contribution is -2.33. The zero-order valence-electron chi connectivity index (χ0n) is 11.9. The fourth-order valence-corrected chi connectivity index (χ4v) is 4.04. The van der Waals surface area contributed by atoms with E-state index < -0.39 is 10.0 Å². The van der Waals surface area contributed by atoms with Gasteiger partial charge in [0.25, 0.3) is 0 Å². The predicted molar refractivity (Wildman–Crippen MR) is 81.2 cm³/mol. The molecule has 1 aromatic carbocycles. The maximum atomic E-state index is 12.4. The van der Waals surface area contributed by atoms with E-state index in [9.17, 15) is 13.5 Å². The largest absolute Gasteiger partial charge is 0.495 e. The fourth-order valence-electron chi connectivity index (χ4n) is 2.62. The first kappa shape index (κ1) is 16.5. The molecule has 0 bridgehead atoms. The van der Waals surface area contributed by atoms with Gasteiger partial charge in [-0.3, -0.25) is 0 Å². The SMILES string of the molecule is COc1cc(Cl)ccc1S(=O)(=O)NCC1CCCC(O)C1. The van der Waals surface area contributed by atoms with Gasteiger partial charge in [0.05, 0.1) is 13.2 Å². The smallest absolute Gasteiger partial charge is 0.244 e. The van der Waals surface area contributed by atoms with Gasteiger partial charge in [-0.1, -0.05) is 18.0 Å². The molecule has 21 heavy (non-hydrogen) atoms. The van der Waals surface area contributed by atoms with E-state index in [1.807, 2.05) is 0 Å². The molecular formula is C14H20ClNO4S. The van der Waals surface area contributed by atoms with Gasteiger partial charge in [-0.25, -0.2) is 13.1 Å². The molecule has 118 valence electrons. The summed E-state index contributed by atoms with van der Waals surface area (Å²) in [6.07, 6.45) is 2.97. The van der Waals surface area contributed by atoms with Gasteiger partial charge in [0.2, 0.25) is 10.0 Å². The number of rotatable bonds is 5. The third kappa shape index (κ3) is 4.32. The standard InChI is InChI=1S/C14H20ClNO4S/c1-20-13-8-11(15)5-6-14(13)21(18,19)16-9-10-3-2-4-12(17)7-10/h5-6,8,10,12,16-17H,2-4,7,9H2,1H3. The molecule has 0 aromatic heterocycles. The van der Waals surface area contributed by atoms with Crippen LogP contribution in [-0.2, 0) is 10.0 Å². The lowest BCUT2D eigenvalue weighted by Gasteiger charge is -2.25. The molecule has 1 saturated carbocycles. The molecule has 0 aliphatic heterocycles. The van der Waals surface area contributed by atoms with Crippen LogP contribution in [-0.4, -0.2) is 33.3 Å². The normalized spacial score (nSPS) is 23.0. The van der Waals surface area contributed by atoms with Crippen molar-refractivity contribution in [2.75, 3.05) is 13.7 Å². The molecule has 1 aliphatic carbocycles. The van der Waals surface area contributed by atoms with E-state index in [4.69, 9.17) is 16.3 Å². The summed E-state index contributed by atoms with van der Waals surface area (Å²) < 4.78 is 32.4. The molecule has 2 unspecified atom stereocenters. The van der Waals surface area contributed by atoms with Gasteiger partial charge in [-0.05, 0) is 37.3 Å². The Labute approximate surface area is 130 Å². The van der Waals surface area contributed by atoms with E-state index in [1.165, 1.54) is 25.3 Å². The highest BCUT2D eigenvalue weighted by molar-refractivity contribution is 7.89. The number of ether oxygens (including phenoxy) is 1. The van der Waals surface area contributed by atoms with Crippen molar-refractivity contribution >= 4 is 21.6 Å². The van der Waals surface area contributed by atoms with E-state index in [1.54, 1.807) is 0 Å². The minimum absolute atomic E-state index is 0.0748. The minimum Gasteiger partial charge on any atom is -0.495 e. The van der Waals surface area contributed by atoms with Crippen molar-refractivity contribution in [1.29, 1.82) is 0 Å². The molecule has 0 heterocycles. The highest BCUT2D eigenvalue weighted by Crippen LogP contribution is 2.28. The Morgan fingerprint density at radius 3 is 2.86 bits per heavy atom. The zero-order valence-corrected chi connectivity index (χ0v) is 13.5. The van der Waals surface area contributed by atoms with Crippen molar-refractivity contribution < 1.29 is 18.3 Å². The van der Waals surface area contributed by atoms with E-state index in [2.05, 4.69) is 4.72 Å². The average Bonchev–Trinajstić information content (AvgIpc) is 2.45. The lowest BCUT2D eigenvalue weighted by molar-refractivity contribution is 0.102. The number of aliphatic hydroxyl groups excluding tert-OH is 1. The van der Waals surface area contributed by atoms with Crippen LogP contribution in [0, 0.1) is 5.92 Å². The monoisotopic (exact) mass is 333 g/mol. The van der Waals surface area contributed by atoms with Crippen molar-refractivity contribution in [3.8, 4) is 5.75 Å². The van der Waals surface area contributed by atoms with Crippen molar-refractivity contribution in [3.05, 3.63) is 23.2 Å². The average molecular weight is 334 g/mol. The minimum atomic E-state index is -3.65. The van der Waals surface area contributed by atoms with Crippen molar-refractivity contribution in [2.24, 2.45) is 5.92 Å². The lowest BCUT2D eigenvalue weighted by atomic mass is 9.87. The first-order valence-corrected chi connectivity index (χ1v) is 8.80. The van der Waals surface area contributed by atoms with Crippen LogP contribution in [0.15, 0.2) is 23.1 Å². The summed E-state index contributed by atoms with van der Waals surface area (Å²) in [6, 6.07) is 4.42. The number of nitrogens with one attached hydrogen (secondary N) is 1. The molecular weight excluding hydrogens is 314 g/mol. The Morgan fingerprint density at radius 1 is 1.43 bits per heavy atom. The second-order valence-electron chi connectivity index (χ2n) is 5.33. The topological polar surface area (TPSA) is 75.6 Å². The van der Waals surface area contributed by atoms with Gasteiger partial charge in [0.1, 0.15) is 10.6 Å². The first-order valence-electron chi connectivity index (χ1n) is 6.93. The summed E-state index contributed by atoms with van der Waals surface area (Å²) >= 11 is 5.84. The number of aliphatic hydroxyl groups is 1. The molecule has 0 saturated heterocycles. The Morgan fingerprint density at radius 2 is 2.19 bits per heavy atom. The summed E-state index contributed by atoms with van der Waals surface area (Å²) in [7, 11) is -2.25. The molecule has 7 heteroatoms. The summed E-state index contributed by atoms with van der Waals surface area (Å²) in [6.45, 7) is 0.325. The Hall–Kier alpha value is -0.820. The highest BCUT2D eigenvalue weighted by atomic mass is 35.5. The van der Waals surface area contributed by atoms with Crippen LogP contribution < -0.4 is 9.46 Å². The van der Waals surface area contributed by atoms with Gasteiger partial charge in [-0.2, -0.15) is 0 Å². The second-order valence-corrected chi connectivity index (χ2v) is 7.51. The summed E-state index contributed by atoms with van der Waals surface area (Å²) in [5.74, 6) is 0.389. The van der Waals surface area contributed by atoms with Crippen LogP contribution in [0.1, 0.15) is 25.7 Å². The third-order valence-electron chi connectivity index (χ3n) is 3.73. The Kier molecular flexibility index (Phi) is 5.48. The zero-order chi connectivity index (χ0) is 15.5. The van der Waals surface area contributed by atoms with E-state index in [-0.39, 0.29) is 22.7 Å². The predicted octanol–water partition coefficient (Wildman–Crippen LogP) is 2.18. The quantitative estimate of drug-likeness (QED) is 0.866. The van der Waals surface area contributed by atoms with Gasteiger partial charge < -0.3 is 9.84 Å².